The molecule has 1 aromatic carbocycles. The van der Waals surface area contributed by atoms with Gasteiger partial charge < -0.3 is 19.5 Å². The third kappa shape index (κ3) is 2.43. The highest BCUT2D eigenvalue weighted by molar-refractivity contribution is 5.93. The van der Waals surface area contributed by atoms with Crippen molar-refractivity contribution in [3.63, 3.8) is 0 Å². The Morgan fingerprint density at radius 3 is 2.44 bits per heavy atom. The minimum Gasteiger partial charge on any atom is -0.493 e. The number of amides is 1. The van der Waals surface area contributed by atoms with Crippen molar-refractivity contribution in [3.05, 3.63) is 18.2 Å². The van der Waals surface area contributed by atoms with Crippen LogP contribution < -0.4 is 14.4 Å². The molecule has 0 aliphatic carbocycles. The molecular formula is C11H15NO4. The van der Waals surface area contributed by atoms with Gasteiger partial charge >= 0.3 is 0 Å². The van der Waals surface area contributed by atoms with E-state index < -0.39 is 6.61 Å². The standard InChI is InChI=1S/C11H15NO4/c1-12(11(14)7-13)8-4-5-9(15-2)10(6-8)16-3/h4-6,13H,7H2,1-3H3. The molecule has 0 aromatic heterocycles. The van der Waals surface area contributed by atoms with Crippen LogP contribution in [0.2, 0.25) is 0 Å². The number of hydrogen-bond acceptors (Lipinski definition) is 4. The number of likely N-dealkylation sites (N-methyl/N-ethyl adjacent to an activating group) is 1. The van der Waals surface area contributed by atoms with Crippen molar-refractivity contribution >= 4 is 11.6 Å². The van der Waals surface area contributed by atoms with Crippen molar-refractivity contribution in [2.75, 3.05) is 32.8 Å². The van der Waals surface area contributed by atoms with Crippen molar-refractivity contribution in [2.45, 2.75) is 0 Å². The molecule has 0 fully saturated rings. The number of rotatable bonds is 4. The summed E-state index contributed by atoms with van der Waals surface area (Å²) in [6, 6.07) is 5.09. The summed E-state index contributed by atoms with van der Waals surface area (Å²) < 4.78 is 10.2. The summed E-state index contributed by atoms with van der Waals surface area (Å²) in [5, 5.41) is 8.75. The number of carbonyl (C=O) groups excluding carboxylic acids is 1. The molecule has 1 amide bonds. The largest absolute Gasteiger partial charge is 0.493 e. The quantitative estimate of drug-likeness (QED) is 0.817. The summed E-state index contributed by atoms with van der Waals surface area (Å²) in [6.45, 7) is -0.523. The monoisotopic (exact) mass is 225 g/mol. The number of benzene rings is 1. The Balaban J connectivity index is 3.03. The highest BCUT2D eigenvalue weighted by Crippen LogP contribution is 2.30. The van der Waals surface area contributed by atoms with Gasteiger partial charge in [0.15, 0.2) is 11.5 Å². The Hall–Kier alpha value is -1.75. The zero-order valence-electron chi connectivity index (χ0n) is 9.56. The summed E-state index contributed by atoms with van der Waals surface area (Å²) in [6.07, 6.45) is 0. The van der Waals surface area contributed by atoms with Crippen molar-refractivity contribution in [2.24, 2.45) is 0 Å². The van der Waals surface area contributed by atoms with Crippen LogP contribution in [0.5, 0.6) is 11.5 Å². The molecular weight excluding hydrogens is 210 g/mol. The van der Waals surface area contributed by atoms with E-state index in [1.54, 1.807) is 32.4 Å². The van der Waals surface area contributed by atoms with Gasteiger partial charge in [-0.25, -0.2) is 0 Å². The Kier molecular flexibility index (Phi) is 4.13. The van der Waals surface area contributed by atoms with E-state index in [2.05, 4.69) is 0 Å². The van der Waals surface area contributed by atoms with E-state index in [0.717, 1.165) is 0 Å². The first-order chi connectivity index (χ1) is 7.63. The molecule has 1 rings (SSSR count). The molecule has 0 aliphatic rings. The van der Waals surface area contributed by atoms with Gasteiger partial charge in [0.25, 0.3) is 5.91 Å². The number of nitrogens with zero attached hydrogens (tertiary/aromatic N) is 1. The molecule has 0 radical (unpaired) electrons. The van der Waals surface area contributed by atoms with Crippen LogP contribution in [-0.2, 0) is 4.79 Å². The molecule has 5 nitrogen and oxygen atoms in total. The van der Waals surface area contributed by atoms with E-state index in [1.165, 1.54) is 12.0 Å². The first-order valence-electron chi connectivity index (χ1n) is 4.73. The van der Waals surface area contributed by atoms with Crippen LogP contribution in [0, 0.1) is 0 Å². The lowest BCUT2D eigenvalue weighted by Gasteiger charge is -2.17. The van der Waals surface area contributed by atoms with Gasteiger partial charge in [0.2, 0.25) is 0 Å². The van der Waals surface area contributed by atoms with Crippen molar-refractivity contribution in [1.82, 2.24) is 0 Å². The summed E-state index contributed by atoms with van der Waals surface area (Å²) in [5.74, 6) is 0.751. The smallest absolute Gasteiger partial charge is 0.252 e. The highest BCUT2D eigenvalue weighted by Gasteiger charge is 2.12. The van der Waals surface area contributed by atoms with Gasteiger partial charge in [-0.05, 0) is 12.1 Å². The van der Waals surface area contributed by atoms with Crippen LogP contribution >= 0.6 is 0 Å². The molecule has 1 aromatic rings. The minimum absolute atomic E-state index is 0.382. The number of aliphatic hydroxyl groups excluding tert-OH is 1. The maximum atomic E-state index is 11.3. The van der Waals surface area contributed by atoms with Gasteiger partial charge in [-0.1, -0.05) is 0 Å². The summed E-state index contributed by atoms with van der Waals surface area (Å²) in [7, 11) is 4.65. The molecule has 0 atom stereocenters. The van der Waals surface area contributed by atoms with E-state index in [1.807, 2.05) is 0 Å². The first kappa shape index (κ1) is 12.3. The van der Waals surface area contributed by atoms with Gasteiger partial charge in [0, 0.05) is 18.8 Å². The number of ether oxygens (including phenoxy) is 2. The highest BCUT2D eigenvalue weighted by atomic mass is 16.5. The third-order valence-electron chi connectivity index (χ3n) is 2.26. The second kappa shape index (κ2) is 5.37. The summed E-state index contributed by atoms with van der Waals surface area (Å²) >= 11 is 0. The maximum absolute atomic E-state index is 11.3. The van der Waals surface area contributed by atoms with Crippen LogP contribution in [0.1, 0.15) is 0 Å². The predicted molar refractivity (Wildman–Crippen MR) is 60.0 cm³/mol. The van der Waals surface area contributed by atoms with Crippen LogP contribution in [0.25, 0.3) is 0 Å². The predicted octanol–water partition coefficient (Wildman–Crippen LogP) is 0.659. The van der Waals surface area contributed by atoms with Gasteiger partial charge in [0.05, 0.1) is 14.2 Å². The fourth-order valence-electron chi connectivity index (χ4n) is 1.28. The lowest BCUT2D eigenvalue weighted by atomic mass is 10.2. The fraction of sp³-hybridized carbons (Fsp3) is 0.364. The van der Waals surface area contributed by atoms with Crippen LogP contribution in [-0.4, -0.2) is 38.9 Å². The fourth-order valence-corrected chi connectivity index (χ4v) is 1.28. The van der Waals surface area contributed by atoms with E-state index in [4.69, 9.17) is 14.6 Å². The van der Waals surface area contributed by atoms with Crippen LogP contribution in [0.3, 0.4) is 0 Å². The minimum atomic E-state index is -0.523. The number of anilines is 1. The van der Waals surface area contributed by atoms with Gasteiger partial charge in [-0.15, -0.1) is 0 Å². The number of methoxy groups -OCH3 is 2. The molecule has 0 bridgehead atoms. The van der Waals surface area contributed by atoms with Crippen molar-refractivity contribution in [3.8, 4) is 11.5 Å². The zero-order valence-corrected chi connectivity index (χ0v) is 9.56. The normalized spacial score (nSPS) is 9.75. The van der Waals surface area contributed by atoms with E-state index in [-0.39, 0.29) is 5.91 Å². The van der Waals surface area contributed by atoms with Gasteiger partial charge in [0.1, 0.15) is 6.61 Å². The van der Waals surface area contributed by atoms with Crippen LogP contribution in [0.15, 0.2) is 18.2 Å². The zero-order chi connectivity index (χ0) is 12.1. The lowest BCUT2D eigenvalue weighted by molar-refractivity contribution is -0.120. The van der Waals surface area contributed by atoms with Gasteiger partial charge in [-0.3, -0.25) is 4.79 Å². The average Bonchev–Trinajstić information content (AvgIpc) is 2.35. The number of carbonyl (C=O) groups is 1. The van der Waals surface area contributed by atoms with E-state index in [0.29, 0.717) is 17.2 Å². The molecule has 88 valence electrons. The van der Waals surface area contributed by atoms with Crippen molar-refractivity contribution < 1.29 is 19.4 Å². The Bertz CT molecular complexity index is 378. The molecule has 0 spiro atoms. The number of aliphatic hydroxyl groups is 1. The molecule has 16 heavy (non-hydrogen) atoms. The second-order valence-corrected chi connectivity index (χ2v) is 3.15. The second-order valence-electron chi connectivity index (χ2n) is 3.15. The molecule has 0 saturated heterocycles. The average molecular weight is 225 g/mol. The molecule has 5 heteroatoms. The summed E-state index contributed by atoms with van der Waals surface area (Å²) in [5.41, 5.74) is 0.636. The third-order valence-corrected chi connectivity index (χ3v) is 2.26. The molecule has 0 heterocycles. The Labute approximate surface area is 94.2 Å². The molecule has 0 unspecified atom stereocenters. The van der Waals surface area contributed by atoms with E-state index in [9.17, 15) is 4.79 Å². The van der Waals surface area contributed by atoms with Crippen molar-refractivity contribution in [1.29, 1.82) is 0 Å². The lowest BCUT2D eigenvalue weighted by Crippen LogP contribution is -2.28. The maximum Gasteiger partial charge on any atom is 0.252 e. The SMILES string of the molecule is COc1ccc(N(C)C(=O)CO)cc1OC. The van der Waals surface area contributed by atoms with Gasteiger partial charge in [-0.2, -0.15) is 0 Å². The topological polar surface area (TPSA) is 59.0 Å². The molecule has 0 aliphatic heterocycles. The Morgan fingerprint density at radius 1 is 1.31 bits per heavy atom. The molecule has 1 N–H and O–H groups in total. The number of hydrogen-bond donors (Lipinski definition) is 1. The van der Waals surface area contributed by atoms with E-state index >= 15 is 0 Å². The summed E-state index contributed by atoms with van der Waals surface area (Å²) in [4.78, 5) is 12.6. The first-order valence-corrected chi connectivity index (χ1v) is 4.73. The Morgan fingerprint density at radius 2 is 1.94 bits per heavy atom. The molecule has 0 saturated carbocycles. The van der Waals surface area contributed by atoms with Crippen LogP contribution in [0.4, 0.5) is 5.69 Å².